The van der Waals surface area contributed by atoms with E-state index in [0.29, 0.717) is 44.2 Å². The summed E-state index contributed by atoms with van der Waals surface area (Å²) >= 11 is 0. The van der Waals surface area contributed by atoms with Crippen molar-refractivity contribution >= 4 is 11.8 Å². The van der Waals surface area contributed by atoms with E-state index in [1.165, 1.54) is 6.20 Å². The first-order valence-corrected chi connectivity index (χ1v) is 9.93. The first kappa shape index (κ1) is 20.0. The number of nitrogens with zero attached hydrogens (tertiary/aromatic N) is 2. The highest BCUT2D eigenvalue weighted by atomic mass is 19.4. The van der Waals surface area contributed by atoms with Crippen molar-refractivity contribution in [3.63, 3.8) is 0 Å². The summed E-state index contributed by atoms with van der Waals surface area (Å²) in [5.74, 6) is -1.64. The molecule has 1 aliphatic heterocycles. The maximum atomic E-state index is 12.8. The van der Waals surface area contributed by atoms with Crippen LogP contribution in [0.25, 0.3) is 0 Å². The molecule has 4 rings (SSSR count). The fraction of sp³-hybridized carbons (Fsp3) is 0.650. The Bertz CT molecular complexity index is 808. The van der Waals surface area contributed by atoms with Crippen LogP contribution in [0.15, 0.2) is 18.3 Å². The Kier molecular flexibility index (Phi) is 4.94. The lowest BCUT2D eigenvalue weighted by Crippen LogP contribution is -2.40. The van der Waals surface area contributed by atoms with Gasteiger partial charge in [-0.25, -0.2) is 4.98 Å². The zero-order chi connectivity index (χ0) is 20.8. The summed E-state index contributed by atoms with van der Waals surface area (Å²) in [6.45, 7) is 1.52. The predicted molar refractivity (Wildman–Crippen MR) is 96.9 cm³/mol. The molecule has 3 aliphatic rings. The van der Waals surface area contributed by atoms with E-state index in [4.69, 9.17) is 10.5 Å². The summed E-state index contributed by atoms with van der Waals surface area (Å²) in [5.41, 5.74) is 5.25. The van der Waals surface area contributed by atoms with Crippen LogP contribution in [0.2, 0.25) is 0 Å². The van der Waals surface area contributed by atoms with E-state index in [-0.39, 0.29) is 35.8 Å². The second-order valence-electron chi connectivity index (χ2n) is 8.58. The minimum Gasteiger partial charge on any atom is -0.490 e. The van der Waals surface area contributed by atoms with Gasteiger partial charge in [0.25, 0.3) is 5.91 Å². The van der Waals surface area contributed by atoms with Gasteiger partial charge in [0.05, 0.1) is 12.5 Å². The lowest BCUT2D eigenvalue weighted by molar-refractivity contribution is -0.185. The summed E-state index contributed by atoms with van der Waals surface area (Å²) in [7, 11) is 0. The second-order valence-corrected chi connectivity index (χ2v) is 8.58. The number of carbonyl (C=O) groups is 2. The van der Waals surface area contributed by atoms with Crippen LogP contribution in [-0.2, 0) is 4.79 Å². The standard InChI is InChI=1S/C20H24F3N3O3/c21-20(22,23)13-5-3-12(4-6-13)18(28)26-9-14-8-19(14,10-26)11-29-15-2-1-7-25-16(15)17(24)27/h1-2,7,12-14H,3-6,8-11H2,(H2,24,27)/t12-,13-,14?,19?. The minimum atomic E-state index is -4.17. The van der Waals surface area contributed by atoms with E-state index in [1.807, 2.05) is 0 Å². The first-order chi connectivity index (χ1) is 13.7. The fourth-order valence-corrected chi connectivity index (χ4v) is 4.82. The Labute approximate surface area is 166 Å². The average Bonchev–Trinajstić information content (AvgIpc) is 3.25. The number of nitrogens with two attached hydrogens (primary N) is 1. The Morgan fingerprint density at radius 1 is 1.28 bits per heavy atom. The van der Waals surface area contributed by atoms with Gasteiger partial charge in [0.1, 0.15) is 0 Å². The number of fused-ring (bicyclic) bond motifs is 1. The SMILES string of the molecule is NC(=O)c1ncccc1OCC12CC1CN(C(=O)[C@H]1CC[C@H](C(F)(F)F)CC1)C2. The molecule has 2 aliphatic carbocycles. The van der Waals surface area contributed by atoms with Gasteiger partial charge < -0.3 is 15.4 Å². The summed E-state index contributed by atoms with van der Waals surface area (Å²) in [4.78, 5) is 30.0. The summed E-state index contributed by atoms with van der Waals surface area (Å²) in [6, 6.07) is 3.30. The van der Waals surface area contributed by atoms with Gasteiger partial charge in [0.15, 0.2) is 11.4 Å². The fourth-order valence-electron chi connectivity index (χ4n) is 4.82. The van der Waals surface area contributed by atoms with Gasteiger partial charge >= 0.3 is 6.18 Å². The van der Waals surface area contributed by atoms with Crippen LogP contribution in [0.5, 0.6) is 5.75 Å². The highest BCUT2D eigenvalue weighted by Gasteiger charge is 2.61. The quantitative estimate of drug-likeness (QED) is 0.807. The highest BCUT2D eigenvalue weighted by molar-refractivity contribution is 5.93. The zero-order valence-electron chi connectivity index (χ0n) is 16.0. The van der Waals surface area contributed by atoms with E-state index in [9.17, 15) is 22.8 Å². The molecule has 0 bridgehead atoms. The lowest BCUT2D eigenvalue weighted by Gasteiger charge is -2.32. The van der Waals surface area contributed by atoms with E-state index < -0.39 is 18.0 Å². The molecule has 2 unspecified atom stereocenters. The molecule has 2 N–H and O–H groups in total. The van der Waals surface area contributed by atoms with Gasteiger partial charge in [-0.05, 0) is 50.2 Å². The first-order valence-electron chi connectivity index (χ1n) is 9.93. The van der Waals surface area contributed by atoms with Crippen LogP contribution in [0.1, 0.15) is 42.6 Å². The minimum absolute atomic E-state index is 0.0301. The third-order valence-electron chi connectivity index (χ3n) is 6.68. The molecule has 9 heteroatoms. The number of primary amides is 1. The normalized spacial score (nSPS) is 31.3. The lowest BCUT2D eigenvalue weighted by atomic mass is 9.81. The van der Waals surface area contributed by atoms with Crippen molar-refractivity contribution in [2.75, 3.05) is 19.7 Å². The highest BCUT2D eigenvalue weighted by Crippen LogP contribution is 2.58. The molecule has 29 heavy (non-hydrogen) atoms. The smallest absolute Gasteiger partial charge is 0.391 e. The van der Waals surface area contributed by atoms with Crippen LogP contribution in [0, 0.1) is 23.2 Å². The number of likely N-dealkylation sites (tertiary alicyclic amines) is 1. The van der Waals surface area contributed by atoms with Gasteiger partial charge in [0, 0.05) is 30.6 Å². The molecule has 0 spiro atoms. The number of piperidine rings is 1. The third-order valence-corrected chi connectivity index (χ3v) is 6.68. The predicted octanol–water partition coefficient (Wildman–Crippen LogP) is 2.78. The van der Waals surface area contributed by atoms with Crippen molar-refractivity contribution in [3.05, 3.63) is 24.0 Å². The van der Waals surface area contributed by atoms with E-state index in [2.05, 4.69) is 4.98 Å². The van der Waals surface area contributed by atoms with E-state index in [1.54, 1.807) is 17.0 Å². The average molecular weight is 411 g/mol. The molecule has 0 aromatic carbocycles. The van der Waals surface area contributed by atoms with Gasteiger partial charge in [0.2, 0.25) is 5.91 Å². The molecule has 2 amide bonds. The number of ether oxygens (including phenoxy) is 1. The van der Waals surface area contributed by atoms with Crippen molar-refractivity contribution in [3.8, 4) is 5.75 Å². The monoisotopic (exact) mass is 411 g/mol. The number of hydrogen-bond acceptors (Lipinski definition) is 4. The van der Waals surface area contributed by atoms with E-state index in [0.717, 1.165) is 6.42 Å². The number of rotatable bonds is 5. The molecule has 6 nitrogen and oxygen atoms in total. The molecular weight excluding hydrogens is 387 g/mol. The van der Waals surface area contributed by atoms with Crippen molar-refractivity contribution in [1.82, 2.24) is 9.88 Å². The summed E-state index contributed by atoms with van der Waals surface area (Å²) in [5, 5.41) is 0. The van der Waals surface area contributed by atoms with Gasteiger partial charge in [-0.15, -0.1) is 0 Å². The molecule has 158 valence electrons. The van der Waals surface area contributed by atoms with E-state index >= 15 is 0 Å². The van der Waals surface area contributed by atoms with Gasteiger partial charge in [-0.2, -0.15) is 13.2 Å². The number of hydrogen-bond donors (Lipinski definition) is 1. The molecule has 0 radical (unpaired) electrons. The van der Waals surface area contributed by atoms with Crippen LogP contribution in [-0.4, -0.2) is 47.6 Å². The van der Waals surface area contributed by atoms with Crippen LogP contribution in [0.4, 0.5) is 13.2 Å². The molecule has 2 saturated carbocycles. The Balaban J connectivity index is 1.32. The molecule has 2 heterocycles. The maximum absolute atomic E-state index is 12.8. The molecule has 2 atom stereocenters. The summed E-state index contributed by atoms with van der Waals surface area (Å²) in [6.07, 6.45) is -1.11. The largest absolute Gasteiger partial charge is 0.490 e. The molecule has 1 saturated heterocycles. The van der Waals surface area contributed by atoms with Gasteiger partial charge in [-0.1, -0.05) is 0 Å². The molecule has 1 aromatic rings. The topological polar surface area (TPSA) is 85.5 Å². The third kappa shape index (κ3) is 3.91. The van der Waals surface area contributed by atoms with Crippen LogP contribution in [0.3, 0.4) is 0 Å². The van der Waals surface area contributed by atoms with Crippen molar-refractivity contribution in [2.45, 2.75) is 38.3 Å². The number of aromatic nitrogens is 1. The van der Waals surface area contributed by atoms with Crippen LogP contribution >= 0.6 is 0 Å². The number of carbonyl (C=O) groups excluding carboxylic acids is 2. The molecule has 1 aromatic heterocycles. The van der Waals surface area contributed by atoms with Crippen molar-refractivity contribution in [1.29, 1.82) is 0 Å². The molecule has 3 fully saturated rings. The number of halogens is 3. The Hall–Kier alpha value is -2.32. The maximum Gasteiger partial charge on any atom is 0.391 e. The second kappa shape index (κ2) is 7.18. The number of pyridine rings is 1. The van der Waals surface area contributed by atoms with Crippen molar-refractivity contribution < 1.29 is 27.5 Å². The van der Waals surface area contributed by atoms with Gasteiger partial charge in [-0.3, -0.25) is 9.59 Å². The Morgan fingerprint density at radius 2 is 2.00 bits per heavy atom. The Morgan fingerprint density at radius 3 is 2.66 bits per heavy atom. The summed E-state index contributed by atoms with van der Waals surface area (Å²) < 4.78 is 44.3. The zero-order valence-corrected chi connectivity index (χ0v) is 16.0. The van der Waals surface area contributed by atoms with Crippen LogP contribution < -0.4 is 10.5 Å². The number of alkyl halides is 3. The molecular formula is C20H24F3N3O3. The number of amides is 2. The van der Waals surface area contributed by atoms with Crippen molar-refractivity contribution in [2.24, 2.45) is 28.9 Å².